The highest BCUT2D eigenvalue weighted by molar-refractivity contribution is 5.81. The summed E-state index contributed by atoms with van der Waals surface area (Å²) in [7, 11) is 2.97. The molecule has 0 aliphatic carbocycles. The van der Waals surface area contributed by atoms with Crippen LogP contribution < -0.4 is 5.73 Å². The first kappa shape index (κ1) is 15.1. The van der Waals surface area contributed by atoms with Crippen LogP contribution in [0.15, 0.2) is 6.33 Å². The quantitative estimate of drug-likeness (QED) is 0.883. The molecule has 0 spiro atoms. The summed E-state index contributed by atoms with van der Waals surface area (Å²) in [5, 5.41) is 0. The lowest BCUT2D eigenvalue weighted by Crippen LogP contribution is -2.33. The summed E-state index contributed by atoms with van der Waals surface area (Å²) in [5.74, 6) is 0.739. The molecule has 0 aromatic carbocycles. The van der Waals surface area contributed by atoms with Crippen LogP contribution in [0.2, 0.25) is 0 Å². The van der Waals surface area contributed by atoms with Crippen LogP contribution in [0.5, 0.6) is 0 Å². The van der Waals surface area contributed by atoms with Crippen LogP contribution in [0.4, 0.5) is 10.2 Å². The number of nitrogens with zero attached hydrogens (tertiary/aromatic N) is 4. The third-order valence-electron chi connectivity index (χ3n) is 3.70. The number of aromatic nitrogens is 4. The van der Waals surface area contributed by atoms with Crippen molar-refractivity contribution >= 4 is 17.0 Å². The molecule has 1 aliphatic heterocycles. The number of nitrogens with two attached hydrogens (primary N) is 1. The number of imidazole rings is 1. The number of hydrogen-bond donors (Lipinski definition) is 1. The van der Waals surface area contributed by atoms with E-state index in [0.717, 1.165) is 0 Å². The number of hydrogen-bond acceptors (Lipinski definition) is 7. The minimum absolute atomic E-state index is 0.234. The molecule has 1 fully saturated rings. The van der Waals surface area contributed by atoms with Gasteiger partial charge in [-0.2, -0.15) is 0 Å². The van der Waals surface area contributed by atoms with Crippen molar-refractivity contribution in [1.29, 1.82) is 0 Å². The monoisotopic (exact) mass is 311 g/mol. The molecule has 1 aliphatic rings. The van der Waals surface area contributed by atoms with E-state index in [2.05, 4.69) is 15.0 Å². The first-order valence-electron chi connectivity index (χ1n) is 6.84. The smallest absolute Gasteiger partial charge is 0.174 e. The van der Waals surface area contributed by atoms with E-state index in [9.17, 15) is 4.39 Å². The average Bonchev–Trinajstić information content (AvgIpc) is 3.01. The van der Waals surface area contributed by atoms with Gasteiger partial charge in [0.15, 0.2) is 23.9 Å². The fourth-order valence-electron chi connectivity index (χ4n) is 2.74. The van der Waals surface area contributed by atoms with Gasteiger partial charge in [-0.15, -0.1) is 0 Å². The number of rotatable bonds is 4. The van der Waals surface area contributed by atoms with Crippen molar-refractivity contribution in [1.82, 2.24) is 19.5 Å². The Bertz CT molecular complexity index is 679. The van der Waals surface area contributed by atoms with E-state index in [1.54, 1.807) is 6.92 Å². The molecule has 1 unspecified atom stereocenters. The third-order valence-corrected chi connectivity index (χ3v) is 3.70. The topological polar surface area (TPSA) is 97.3 Å². The minimum atomic E-state index is -1.38. The molecule has 120 valence electrons. The number of anilines is 1. The maximum atomic E-state index is 14.7. The van der Waals surface area contributed by atoms with Crippen LogP contribution >= 0.6 is 0 Å². The SMILES string of the molecule is COC[C@H]1O[C@@H](n2cnc3c(N)nc(C)nc32)C(F)[C@@H]1OC. The number of nitrogen functional groups attached to an aromatic ring is 1. The summed E-state index contributed by atoms with van der Waals surface area (Å²) in [4.78, 5) is 12.5. The molecule has 8 nitrogen and oxygen atoms in total. The van der Waals surface area contributed by atoms with E-state index in [1.165, 1.54) is 25.1 Å². The van der Waals surface area contributed by atoms with Crippen molar-refractivity contribution in [3.05, 3.63) is 12.2 Å². The summed E-state index contributed by atoms with van der Waals surface area (Å²) in [6.45, 7) is 1.94. The largest absolute Gasteiger partial charge is 0.382 e. The predicted octanol–water partition coefficient (Wildman–Crippen LogP) is 0.614. The third kappa shape index (κ3) is 2.31. The molecule has 3 heterocycles. The summed E-state index contributed by atoms with van der Waals surface area (Å²) >= 11 is 0. The van der Waals surface area contributed by atoms with Crippen molar-refractivity contribution in [2.45, 2.75) is 31.5 Å². The van der Waals surface area contributed by atoms with E-state index in [1.807, 2.05) is 0 Å². The van der Waals surface area contributed by atoms with Gasteiger partial charge in [-0.1, -0.05) is 0 Å². The van der Waals surface area contributed by atoms with E-state index >= 15 is 0 Å². The molecule has 0 amide bonds. The normalized spacial score (nSPS) is 28.5. The Morgan fingerprint density at radius 3 is 2.86 bits per heavy atom. The van der Waals surface area contributed by atoms with Gasteiger partial charge in [-0.3, -0.25) is 4.57 Å². The van der Waals surface area contributed by atoms with E-state index in [0.29, 0.717) is 17.0 Å². The first-order chi connectivity index (χ1) is 10.6. The Kier molecular flexibility index (Phi) is 3.94. The highest BCUT2D eigenvalue weighted by atomic mass is 19.1. The highest BCUT2D eigenvalue weighted by Gasteiger charge is 2.47. The number of fused-ring (bicyclic) bond motifs is 1. The summed E-state index contributed by atoms with van der Waals surface area (Å²) < 4.78 is 32.2. The van der Waals surface area contributed by atoms with Gasteiger partial charge in [0.05, 0.1) is 12.9 Å². The molecule has 0 saturated carbocycles. The van der Waals surface area contributed by atoms with E-state index in [4.69, 9.17) is 19.9 Å². The standard InChI is InChI=1S/C13H18FN5O3/c1-6-17-11(15)9-12(18-6)19(5-16-9)13-8(14)10(21-3)7(22-13)4-20-2/h5,7-8,10,13H,4H2,1-3H3,(H2,15,17,18)/t7-,8?,10-,13-/m1/s1. The second-order valence-electron chi connectivity index (χ2n) is 5.15. The van der Waals surface area contributed by atoms with Gasteiger partial charge in [0, 0.05) is 14.2 Å². The Labute approximate surface area is 126 Å². The number of ether oxygens (including phenoxy) is 3. The van der Waals surface area contributed by atoms with Gasteiger partial charge in [-0.25, -0.2) is 19.3 Å². The van der Waals surface area contributed by atoms with E-state index < -0.39 is 24.6 Å². The first-order valence-corrected chi connectivity index (χ1v) is 6.84. The number of alkyl halides is 1. The van der Waals surface area contributed by atoms with Crippen LogP contribution in [-0.2, 0) is 14.2 Å². The summed E-state index contributed by atoms with van der Waals surface area (Å²) in [5.41, 5.74) is 6.68. The molecule has 9 heteroatoms. The van der Waals surface area contributed by atoms with Crippen LogP contribution in [0.1, 0.15) is 12.1 Å². The van der Waals surface area contributed by atoms with Crippen molar-refractivity contribution in [3.8, 4) is 0 Å². The maximum Gasteiger partial charge on any atom is 0.174 e. The molecule has 0 bridgehead atoms. The van der Waals surface area contributed by atoms with Gasteiger partial charge in [0.2, 0.25) is 0 Å². The molecule has 0 radical (unpaired) electrons. The molecule has 1 saturated heterocycles. The van der Waals surface area contributed by atoms with Crippen LogP contribution in [0.25, 0.3) is 11.2 Å². The molecule has 22 heavy (non-hydrogen) atoms. The fourth-order valence-corrected chi connectivity index (χ4v) is 2.74. The van der Waals surface area contributed by atoms with Gasteiger partial charge in [0.1, 0.15) is 23.5 Å². The van der Waals surface area contributed by atoms with Crippen molar-refractivity contribution in [3.63, 3.8) is 0 Å². The minimum Gasteiger partial charge on any atom is -0.382 e. The zero-order chi connectivity index (χ0) is 15.9. The lowest BCUT2D eigenvalue weighted by atomic mass is 10.1. The molecule has 2 aromatic heterocycles. The zero-order valence-corrected chi connectivity index (χ0v) is 12.6. The Morgan fingerprint density at radius 2 is 2.18 bits per heavy atom. The van der Waals surface area contributed by atoms with Crippen molar-refractivity contribution in [2.24, 2.45) is 0 Å². The number of halogens is 1. The lowest BCUT2D eigenvalue weighted by Gasteiger charge is -2.16. The highest BCUT2D eigenvalue weighted by Crippen LogP contribution is 2.35. The summed E-state index contributed by atoms with van der Waals surface area (Å²) in [6, 6.07) is 0. The zero-order valence-electron chi connectivity index (χ0n) is 12.6. The Hall–Kier alpha value is -1.84. The van der Waals surface area contributed by atoms with E-state index in [-0.39, 0.29) is 12.4 Å². The molecule has 2 aromatic rings. The molecule has 2 N–H and O–H groups in total. The van der Waals surface area contributed by atoms with Gasteiger partial charge in [-0.05, 0) is 6.92 Å². The van der Waals surface area contributed by atoms with Crippen LogP contribution in [0.3, 0.4) is 0 Å². The summed E-state index contributed by atoms with van der Waals surface area (Å²) in [6.07, 6.45) is -2.05. The van der Waals surface area contributed by atoms with Gasteiger partial charge in [0.25, 0.3) is 0 Å². The van der Waals surface area contributed by atoms with Crippen LogP contribution in [0, 0.1) is 6.92 Å². The predicted molar refractivity (Wildman–Crippen MR) is 76.0 cm³/mol. The Morgan fingerprint density at radius 1 is 1.41 bits per heavy atom. The van der Waals surface area contributed by atoms with Crippen molar-refractivity contribution in [2.75, 3.05) is 26.6 Å². The molecular weight excluding hydrogens is 293 g/mol. The second kappa shape index (κ2) is 5.75. The van der Waals surface area contributed by atoms with Gasteiger partial charge >= 0.3 is 0 Å². The molecule has 4 atom stereocenters. The average molecular weight is 311 g/mol. The maximum absolute atomic E-state index is 14.7. The lowest BCUT2D eigenvalue weighted by molar-refractivity contribution is -0.0602. The van der Waals surface area contributed by atoms with Crippen molar-refractivity contribution < 1.29 is 18.6 Å². The van der Waals surface area contributed by atoms with Gasteiger partial charge < -0.3 is 19.9 Å². The molecule has 3 rings (SSSR count). The molecular formula is C13H18FN5O3. The number of aryl methyl sites for hydroxylation is 1. The van der Waals surface area contributed by atoms with Crippen LogP contribution in [-0.4, -0.2) is 58.7 Å². The Balaban J connectivity index is 2.01. The number of methoxy groups -OCH3 is 2. The fraction of sp³-hybridized carbons (Fsp3) is 0.615. The second-order valence-corrected chi connectivity index (χ2v) is 5.15.